The van der Waals surface area contributed by atoms with Crippen LogP contribution in [0.15, 0.2) is 42.5 Å². The molecule has 2 aromatic rings. The van der Waals surface area contributed by atoms with Crippen molar-refractivity contribution in [3.8, 4) is 0 Å². The zero-order chi connectivity index (χ0) is 35.0. The molecule has 2 aliphatic rings. The van der Waals surface area contributed by atoms with Crippen molar-refractivity contribution in [2.45, 2.75) is 31.6 Å². The second kappa shape index (κ2) is 19.0. The summed E-state index contributed by atoms with van der Waals surface area (Å²) in [6.07, 6.45) is -7.41. The van der Waals surface area contributed by atoms with Crippen molar-refractivity contribution in [3.05, 3.63) is 48.0 Å². The Morgan fingerprint density at radius 3 is 1.83 bits per heavy atom. The van der Waals surface area contributed by atoms with Crippen molar-refractivity contribution in [3.63, 3.8) is 0 Å². The van der Waals surface area contributed by atoms with Crippen LogP contribution in [0.25, 0.3) is 10.8 Å². The second-order valence-corrected chi connectivity index (χ2v) is 10.6. The van der Waals surface area contributed by atoms with Crippen LogP contribution in [-0.4, -0.2) is 122 Å². The highest BCUT2D eigenvalue weighted by molar-refractivity contribution is 5.98. The molecule has 0 spiro atoms. The van der Waals surface area contributed by atoms with E-state index in [2.05, 4.69) is 20.4 Å². The van der Waals surface area contributed by atoms with Crippen LogP contribution in [0.2, 0.25) is 0 Å². The van der Waals surface area contributed by atoms with Crippen LogP contribution in [0.4, 0.5) is 26.3 Å². The Bertz CT molecular complexity index is 1290. The number of hydrogen-bond acceptors (Lipinski definition) is 7. The summed E-state index contributed by atoms with van der Waals surface area (Å²) < 4.78 is 68.8. The van der Waals surface area contributed by atoms with Gasteiger partial charge in [0.1, 0.15) is 0 Å². The van der Waals surface area contributed by atoms with Gasteiger partial charge in [0, 0.05) is 44.2 Å². The zero-order valence-corrected chi connectivity index (χ0v) is 25.4. The molecule has 0 radical (unpaired) electrons. The number of carbonyl (C=O) groups excluding carboxylic acids is 2. The van der Waals surface area contributed by atoms with Gasteiger partial charge in [-0.3, -0.25) is 14.5 Å². The number of halogens is 6. The third-order valence-corrected chi connectivity index (χ3v) is 7.22. The highest BCUT2D eigenvalue weighted by Crippen LogP contribution is 2.18. The number of nitrogens with one attached hydrogen (secondary N) is 2. The Labute approximate surface area is 266 Å². The number of piperidine rings is 1. The first kappa shape index (κ1) is 39.2. The lowest BCUT2D eigenvalue weighted by Gasteiger charge is -2.31. The van der Waals surface area contributed by atoms with Gasteiger partial charge in [-0.05, 0) is 61.8 Å². The van der Waals surface area contributed by atoms with Crippen molar-refractivity contribution >= 4 is 34.5 Å². The number of fused-ring (bicyclic) bond motifs is 1. The molecule has 0 atom stereocenters. The third-order valence-electron chi connectivity index (χ3n) is 7.22. The predicted octanol–water partition coefficient (Wildman–Crippen LogP) is 3.39. The van der Waals surface area contributed by atoms with Crippen LogP contribution < -0.4 is 10.6 Å². The zero-order valence-electron chi connectivity index (χ0n) is 25.4. The minimum atomic E-state index is -5.08. The Hall–Kier alpha value is -3.96. The quantitative estimate of drug-likeness (QED) is 0.231. The number of alkyl halides is 6. The highest BCUT2D eigenvalue weighted by atomic mass is 19.4. The van der Waals surface area contributed by atoms with Gasteiger partial charge in [-0.15, -0.1) is 0 Å². The molecule has 0 aromatic heterocycles. The van der Waals surface area contributed by atoms with E-state index >= 15 is 0 Å². The molecule has 0 saturated carbocycles. The summed E-state index contributed by atoms with van der Waals surface area (Å²) in [7, 11) is 0. The number of hydrogen-bond donors (Lipinski definition) is 4. The largest absolute Gasteiger partial charge is 0.490 e. The molecule has 0 unspecified atom stereocenters. The van der Waals surface area contributed by atoms with Crippen LogP contribution in [0.5, 0.6) is 0 Å². The number of benzene rings is 2. The topological polar surface area (TPSA) is 149 Å². The molecule has 2 amide bonds. The van der Waals surface area contributed by atoms with E-state index in [-0.39, 0.29) is 17.7 Å². The average molecular weight is 681 g/mol. The number of likely N-dealkylation sites (tertiary alicyclic amines) is 1. The lowest BCUT2D eigenvalue weighted by Crippen LogP contribution is -2.43. The van der Waals surface area contributed by atoms with E-state index in [0.29, 0.717) is 12.1 Å². The van der Waals surface area contributed by atoms with Crippen LogP contribution in [0.3, 0.4) is 0 Å². The lowest BCUT2D eigenvalue weighted by atomic mass is 9.96. The van der Waals surface area contributed by atoms with Crippen LogP contribution in [0, 0.1) is 5.92 Å². The van der Waals surface area contributed by atoms with E-state index in [1.807, 2.05) is 42.5 Å². The summed E-state index contributed by atoms with van der Waals surface area (Å²) in [5.41, 5.74) is 0.692. The molecule has 2 saturated heterocycles. The van der Waals surface area contributed by atoms with E-state index in [1.54, 1.807) is 0 Å². The summed E-state index contributed by atoms with van der Waals surface area (Å²) in [6, 6.07) is 13.9. The number of carboxylic acid groups (broad SMARTS) is 2. The fraction of sp³-hybridized carbons (Fsp3) is 0.533. The van der Waals surface area contributed by atoms with Gasteiger partial charge in [-0.1, -0.05) is 30.3 Å². The number of amides is 2. The number of morpholine rings is 1. The maximum Gasteiger partial charge on any atom is 0.490 e. The molecule has 4 rings (SSSR count). The Morgan fingerprint density at radius 2 is 1.28 bits per heavy atom. The van der Waals surface area contributed by atoms with Crippen molar-refractivity contribution in [1.29, 1.82) is 0 Å². The Morgan fingerprint density at radius 1 is 0.745 bits per heavy atom. The van der Waals surface area contributed by atoms with Crippen molar-refractivity contribution in [1.82, 2.24) is 20.4 Å². The van der Waals surface area contributed by atoms with E-state index in [9.17, 15) is 35.9 Å². The Kier molecular flexibility index (Phi) is 15.9. The smallest absolute Gasteiger partial charge is 0.475 e. The van der Waals surface area contributed by atoms with Crippen molar-refractivity contribution < 1.29 is 60.5 Å². The molecule has 0 aliphatic carbocycles. The monoisotopic (exact) mass is 680 g/mol. The first-order valence-electron chi connectivity index (χ1n) is 14.7. The molecule has 47 heavy (non-hydrogen) atoms. The van der Waals surface area contributed by atoms with Gasteiger partial charge in [0.05, 0.1) is 13.2 Å². The van der Waals surface area contributed by atoms with E-state index < -0.39 is 24.3 Å². The highest BCUT2D eigenvalue weighted by Gasteiger charge is 2.38. The number of aliphatic carboxylic acids is 2. The molecule has 17 heteroatoms. The molecule has 0 bridgehead atoms. The van der Waals surface area contributed by atoms with E-state index in [0.717, 1.165) is 89.1 Å². The average Bonchev–Trinajstić information content (AvgIpc) is 3.03. The minimum Gasteiger partial charge on any atom is -0.475 e. The number of nitrogens with zero attached hydrogens (tertiary/aromatic N) is 2. The summed E-state index contributed by atoms with van der Waals surface area (Å²) >= 11 is 0. The normalized spacial score (nSPS) is 16.2. The van der Waals surface area contributed by atoms with Crippen molar-refractivity contribution in [2.75, 3.05) is 65.6 Å². The third kappa shape index (κ3) is 15.0. The fourth-order valence-electron chi connectivity index (χ4n) is 4.66. The molecule has 11 nitrogen and oxygen atoms in total. The van der Waals surface area contributed by atoms with Gasteiger partial charge < -0.3 is 30.5 Å². The summed E-state index contributed by atoms with van der Waals surface area (Å²) in [5.74, 6) is -5.25. The number of carbonyl (C=O) groups is 4. The fourth-order valence-corrected chi connectivity index (χ4v) is 4.66. The Balaban J connectivity index is 0.000000459. The molecule has 2 fully saturated rings. The second-order valence-electron chi connectivity index (χ2n) is 10.6. The minimum absolute atomic E-state index is 0.0351. The van der Waals surface area contributed by atoms with Gasteiger partial charge in [0.2, 0.25) is 5.91 Å². The lowest BCUT2D eigenvalue weighted by molar-refractivity contribution is -0.193. The molecular weight excluding hydrogens is 642 g/mol. The van der Waals surface area contributed by atoms with Gasteiger partial charge >= 0.3 is 24.3 Å². The summed E-state index contributed by atoms with van der Waals surface area (Å²) in [5, 5.41) is 22.6. The standard InChI is InChI=1S/C26H36N4O3.2C2HF3O2/c31-25(27-10-3-12-29-16-18-33-19-17-29)22-8-13-30(14-9-22)15-11-28-26(32)24-7-6-21-4-1-2-5-23(21)20-24;2*3-2(4,5)1(6)7/h1-2,4-7,20,22H,3,8-19H2,(H,27,31)(H,28,32);2*(H,6,7). The molecule has 2 heterocycles. The maximum absolute atomic E-state index is 12.5. The maximum atomic E-state index is 12.5. The molecule has 262 valence electrons. The van der Waals surface area contributed by atoms with Gasteiger partial charge in [-0.25, -0.2) is 9.59 Å². The summed E-state index contributed by atoms with van der Waals surface area (Å²) in [6.45, 7) is 8.62. The van der Waals surface area contributed by atoms with E-state index in [4.69, 9.17) is 24.5 Å². The number of carboxylic acids is 2. The predicted molar refractivity (Wildman–Crippen MR) is 158 cm³/mol. The van der Waals surface area contributed by atoms with Crippen LogP contribution in [0.1, 0.15) is 29.6 Å². The molecular formula is C30H38F6N4O7. The first-order chi connectivity index (χ1) is 22.1. The van der Waals surface area contributed by atoms with E-state index in [1.165, 1.54) is 0 Å². The van der Waals surface area contributed by atoms with Gasteiger partial charge in [-0.2, -0.15) is 26.3 Å². The molecule has 2 aliphatic heterocycles. The van der Waals surface area contributed by atoms with Crippen LogP contribution >= 0.6 is 0 Å². The SMILES string of the molecule is O=C(NCCN1CCC(C(=O)NCCCN2CCOCC2)CC1)c1ccc2ccccc2c1.O=C(O)C(F)(F)F.O=C(O)C(F)(F)F. The molecule has 4 N–H and O–H groups in total. The molecule has 2 aromatic carbocycles. The van der Waals surface area contributed by atoms with Crippen LogP contribution in [-0.2, 0) is 19.1 Å². The summed E-state index contributed by atoms with van der Waals surface area (Å²) in [4.78, 5) is 47.5. The van der Waals surface area contributed by atoms with Crippen molar-refractivity contribution in [2.24, 2.45) is 5.92 Å². The number of ether oxygens (including phenoxy) is 1. The van der Waals surface area contributed by atoms with Gasteiger partial charge in [0.15, 0.2) is 0 Å². The number of rotatable bonds is 9. The van der Waals surface area contributed by atoms with Gasteiger partial charge in [0.25, 0.3) is 5.91 Å². The first-order valence-corrected chi connectivity index (χ1v) is 14.7.